The molecule has 2 aliphatic heterocycles. The molecule has 110 valence electrons. The predicted molar refractivity (Wildman–Crippen MR) is 78.0 cm³/mol. The molecule has 0 aromatic heterocycles. The summed E-state index contributed by atoms with van der Waals surface area (Å²) in [5.41, 5.74) is 6.95. The number of hydrogen-bond donors (Lipinski definition) is 1. The van der Waals surface area contributed by atoms with Crippen LogP contribution in [0.1, 0.15) is 47.0 Å². The topological polar surface area (TPSA) is 38.5 Å². The molecule has 3 rings (SSSR count). The van der Waals surface area contributed by atoms with Gasteiger partial charge in [0.15, 0.2) is 0 Å². The van der Waals surface area contributed by atoms with Crippen LogP contribution in [0.4, 0.5) is 0 Å². The van der Waals surface area contributed by atoms with Gasteiger partial charge in [-0.1, -0.05) is 20.8 Å². The maximum Gasteiger partial charge on any atom is 0.0691 e. The van der Waals surface area contributed by atoms with Crippen molar-refractivity contribution in [3.63, 3.8) is 0 Å². The van der Waals surface area contributed by atoms with Crippen LogP contribution in [-0.4, -0.2) is 42.3 Å². The molecule has 2 N–H and O–H groups in total. The van der Waals surface area contributed by atoms with Crippen LogP contribution in [0.5, 0.6) is 0 Å². The minimum absolute atomic E-state index is 0.0561. The summed E-state index contributed by atoms with van der Waals surface area (Å²) in [4.78, 5) is 2.64. The highest BCUT2D eigenvalue weighted by molar-refractivity contribution is 5.21. The fourth-order valence-corrected chi connectivity index (χ4v) is 4.73. The van der Waals surface area contributed by atoms with E-state index < -0.39 is 0 Å². The van der Waals surface area contributed by atoms with E-state index >= 15 is 0 Å². The molecule has 5 unspecified atom stereocenters. The maximum absolute atomic E-state index is 6.88. The lowest BCUT2D eigenvalue weighted by atomic mass is 9.48. The third-order valence-electron chi connectivity index (χ3n) is 6.38. The summed E-state index contributed by atoms with van der Waals surface area (Å²) in [5, 5.41) is 0. The van der Waals surface area contributed by atoms with E-state index in [2.05, 4.69) is 32.6 Å². The van der Waals surface area contributed by atoms with Crippen LogP contribution in [0.3, 0.4) is 0 Å². The molecule has 0 spiro atoms. The molecule has 3 aliphatic rings. The average Bonchev–Trinajstić information content (AvgIpc) is 2.82. The normalized spacial score (nSPS) is 49.7. The number of hydrogen-bond acceptors (Lipinski definition) is 3. The number of fused-ring (bicyclic) bond motifs is 1. The Bertz CT molecular complexity index is 357. The lowest BCUT2D eigenvalue weighted by molar-refractivity contribution is -0.167. The first-order chi connectivity index (χ1) is 8.86. The molecule has 3 nitrogen and oxygen atoms in total. The third-order valence-corrected chi connectivity index (χ3v) is 6.38. The number of ether oxygens (including phenoxy) is 1. The Morgan fingerprint density at radius 1 is 1.21 bits per heavy atom. The predicted octanol–water partition coefficient (Wildman–Crippen LogP) is 2.25. The first-order valence-corrected chi connectivity index (χ1v) is 8.01. The van der Waals surface area contributed by atoms with E-state index in [1.807, 2.05) is 0 Å². The van der Waals surface area contributed by atoms with Crippen molar-refractivity contribution in [3.05, 3.63) is 0 Å². The van der Waals surface area contributed by atoms with Crippen molar-refractivity contribution >= 4 is 0 Å². The minimum Gasteiger partial charge on any atom is -0.377 e. The average molecular weight is 266 g/mol. The van der Waals surface area contributed by atoms with Crippen LogP contribution in [0, 0.1) is 17.3 Å². The number of nitrogens with zero attached hydrogens (tertiary/aromatic N) is 1. The molecule has 3 fully saturated rings. The molecule has 0 bridgehead atoms. The molecule has 5 atom stereocenters. The van der Waals surface area contributed by atoms with Gasteiger partial charge in [0, 0.05) is 42.6 Å². The Kier molecular flexibility index (Phi) is 3.23. The van der Waals surface area contributed by atoms with E-state index in [9.17, 15) is 0 Å². The molecule has 0 amide bonds. The highest BCUT2D eigenvalue weighted by Crippen LogP contribution is 2.58. The smallest absolute Gasteiger partial charge is 0.0691 e. The minimum atomic E-state index is -0.0561. The zero-order valence-electron chi connectivity index (χ0n) is 13.0. The van der Waals surface area contributed by atoms with Gasteiger partial charge in [-0.2, -0.15) is 0 Å². The van der Waals surface area contributed by atoms with Gasteiger partial charge in [0.05, 0.1) is 6.10 Å². The van der Waals surface area contributed by atoms with Crippen molar-refractivity contribution in [1.82, 2.24) is 4.90 Å². The maximum atomic E-state index is 6.88. The fraction of sp³-hybridized carbons (Fsp3) is 1.00. The van der Waals surface area contributed by atoms with Crippen molar-refractivity contribution in [2.24, 2.45) is 23.0 Å². The van der Waals surface area contributed by atoms with Crippen molar-refractivity contribution in [2.75, 3.05) is 19.7 Å². The van der Waals surface area contributed by atoms with E-state index in [1.54, 1.807) is 0 Å². The Labute approximate surface area is 117 Å². The molecule has 1 saturated carbocycles. The molecule has 0 aromatic carbocycles. The summed E-state index contributed by atoms with van der Waals surface area (Å²) in [6, 6.07) is 0.689. The Hall–Kier alpha value is -0.120. The summed E-state index contributed by atoms with van der Waals surface area (Å²) in [6.07, 6.45) is 4.24. The monoisotopic (exact) mass is 266 g/mol. The SMILES string of the molecule is CC1CCC(C)N(CC2(N)C3CCOC3C2(C)C)C1. The van der Waals surface area contributed by atoms with Crippen LogP contribution >= 0.6 is 0 Å². The summed E-state index contributed by atoms with van der Waals surface area (Å²) in [7, 11) is 0. The molecule has 1 aliphatic carbocycles. The van der Waals surface area contributed by atoms with Gasteiger partial charge in [0.1, 0.15) is 0 Å². The molecule has 0 aromatic rings. The van der Waals surface area contributed by atoms with Crippen molar-refractivity contribution in [2.45, 2.75) is 64.6 Å². The van der Waals surface area contributed by atoms with Gasteiger partial charge in [0.25, 0.3) is 0 Å². The number of piperidine rings is 1. The van der Waals surface area contributed by atoms with E-state index in [4.69, 9.17) is 10.5 Å². The van der Waals surface area contributed by atoms with E-state index in [0.717, 1.165) is 25.5 Å². The summed E-state index contributed by atoms with van der Waals surface area (Å²) < 4.78 is 5.90. The molecule has 19 heavy (non-hydrogen) atoms. The lowest BCUT2D eigenvalue weighted by Gasteiger charge is -2.64. The quantitative estimate of drug-likeness (QED) is 0.833. The number of nitrogens with two attached hydrogens (primary N) is 1. The highest BCUT2D eigenvalue weighted by Gasteiger charge is 2.67. The molecule has 3 heteroatoms. The van der Waals surface area contributed by atoms with Gasteiger partial charge >= 0.3 is 0 Å². The van der Waals surface area contributed by atoms with Gasteiger partial charge in [0.2, 0.25) is 0 Å². The highest BCUT2D eigenvalue weighted by atomic mass is 16.5. The largest absolute Gasteiger partial charge is 0.377 e. The Balaban J connectivity index is 1.74. The second kappa shape index (κ2) is 4.44. The van der Waals surface area contributed by atoms with Crippen molar-refractivity contribution in [3.8, 4) is 0 Å². The zero-order valence-corrected chi connectivity index (χ0v) is 13.0. The first kappa shape index (κ1) is 13.8. The number of rotatable bonds is 2. The van der Waals surface area contributed by atoms with E-state index in [-0.39, 0.29) is 11.0 Å². The first-order valence-electron chi connectivity index (χ1n) is 8.01. The summed E-state index contributed by atoms with van der Waals surface area (Å²) in [5.74, 6) is 1.39. The van der Waals surface area contributed by atoms with Gasteiger partial charge in [-0.15, -0.1) is 0 Å². The van der Waals surface area contributed by atoms with Crippen LogP contribution < -0.4 is 5.73 Å². The zero-order chi connectivity index (χ0) is 13.8. The third kappa shape index (κ3) is 1.89. The summed E-state index contributed by atoms with van der Waals surface area (Å²) in [6.45, 7) is 12.5. The van der Waals surface area contributed by atoms with Crippen LogP contribution in [0.25, 0.3) is 0 Å². The number of likely N-dealkylation sites (tertiary alicyclic amines) is 1. The Morgan fingerprint density at radius 3 is 2.68 bits per heavy atom. The van der Waals surface area contributed by atoms with Gasteiger partial charge in [-0.3, -0.25) is 4.90 Å². The van der Waals surface area contributed by atoms with Gasteiger partial charge < -0.3 is 10.5 Å². The van der Waals surface area contributed by atoms with Crippen LogP contribution in [0.15, 0.2) is 0 Å². The summed E-state index contributed by atoms with van der Waals surface area (Å²) >= 11 is 0. The van der Waals surface area contributed by atoms with Gasteiger partial charge in [-0.25, -0.2) is 0 Å². The molecule has 2 heterocycles. The Morgan fingerprint density at radius 2 is 1.95 bits per heavy atom. The van der Waals surface area contributed by atoms with Crippen molar-refractivity contribution in [1.29, 1.82) is 0 Å². The van der Waals surface area contributed by atoms with Crippen LogP contribution in [-0.2, 0) is 4.74 Å². The van der Waals surface area contributed by atoms with E-state index in [1.165, 1.54) is 19.4 Å². The second-order valence-electron chi connectivity index (χ2n) is 7.91. The van der Waals surface area contributed by atoms with Crippen LogP contribution in [0.2, 0.25) is 0 Å². The molecular formula is C16H30N2O. The molecule has 0 radical (unpaired) electrons. The van der Waals surface area contributed by atoms with E-state index in [0.29, 0.717) is 18.1 Å². The second-order valence-corrected chi connectivity index (χ2v) is 7.91. The molecule has 2 saturated heterocycles. The molecular weight excluding hydrogens is 236 g/mol. The van der Waals surface area contributed by atoms with Crippen molar-refractivity contribution < 1.29 is 4.74 Å². The fourth-order valence-electron chi connectivity index (χ4n) is 4.73. The standard InChI is InChI=1S/C16H30N2O/c1-11-5-6-12(2)18(9-11)10-16(17)13-7-8-19-14(13)15(16,3)4/h11-14H,5-10,17H2,1-4H3. The van der Waals surface area contributed by atoms with Gasteiger partial charge in [-0.05, 0) is 32.1 Å². The lowest BCUT2D eigenvalue weighted by Crippen LogP contribution is -2.78.